The maximum absolute atomic E-state index is 11.1. The van der Waals surface area contributed by atoms with Gasteiger partial charge in [0.2, 0.25) is 0 Å². The largest absolute Gasteiger partial charge is 0.489 e. The van der Waals surface area contributed by atoms with Gasteiger partial charge in [-0.2, -0.15) is 0 Å². The number of carbonyl (C=O) groups is 1. The molecule has 0 heterocycles. The number of aryl methyl sites for hydroxylation is 1. The monoisotopic (exact) mass is 482 g/mol. The first-order chi connectivity index (χ1) is 17.0. The Kier molecular flexibility index (Phi) is 6.98. The highest BCUT2D eigenvalue weighted by Gasteiger charge is 2.40. The molecular weight excluding hydrogens is 448 g/mol. The summed E-state index contributed by atoms with van der Waals surface area (Å²) in [5.74, 6) is 5.72. The fourth-order valence-electron chi connectivity index (χ4n) is 4.80. The van der Waals surface area contributed by atoms with E-state index in [1.807, 2.05) is 6.07 Å². The number of fused-ring (bicyclic) bond motifs is 1. The van der Waals surface area contributed by atoms with Crippen LogP contribution in [0.2, 0.25) is 0 Å². The number of hydrogen-bond acceptors (Lipinski definition) is 3. The van der Waals surface area contributed by atoms with Crippen LogP contribution in [0.4, 0.5) is 0 Å². The van der Waals surface area contributed by atoms with Crippen molar-refractivity contribution in [1.82, 2.24) is 0 Å². The van der Waals surface area contributed by atoms with Crippen LogP contribution in [0, 0.1) is 18.8 Å². The minimum Gasteiger partial charge on any atom is -0.489 e. The number of hydrogen-bond donors (Lipinski definition) is 2. The Morgan fingerprint density at radius 1 is 0.972 bits per heavy atom. The quantitative estimate of drug-likeness (QED) is 0.397. The van der Waals surface area contributed by atoms with Crippen molar-refractivity contribution >= 4 is 5.97 Å². The molecule has 0 saturated carbocycles. The number of carboxylic acids is 1. The van der Waals surface area contributed by atoms with Crippen molar-refractivity contribution in [1.29, 1.82) is 0 Å². The fraction of sp³-hybridized carbons (Fsp3) is 0.344. The van der Waals surface area contributed by atoms with E-state index < -0.39 is 12.1 Å². The van der Waals surface area contributed by atoms with E-state index in [0.29, 0.717) is 17.7 Å². The maximum Gasteiger partial charge on any atom is 0.335 e. The summed E-state index contributed by atoms with van der Waals surface area (Å²) >= 11 is 0. The topological polar surface area (TPSA) is 66.8 Å². The summed E-state index contributed by atoms with van der Waals surface area (Å²) in [7, 11) is 0. The number of carboxylic acid groups (broad SMARTS) is 1. The smallest absolute Gasteiger partial charge is 0.335 e. The van der Waals surface area contributed by atoms with Crippen molar-refractivity contribution in [3.63, 3.8) is 0 Å². The number of rotatable bonds is 5. The predicted octanol–water partition coefficient (Wildman–Crippen LogP) is 6.71. The van der Waals surface area contributed by atoms with E-state index in [1.54, 1.807) is 12.1 Å². The zero-order valence-corrected chi connectivity index (χ0v) is 21.7. The van der Waals surface area contributed by atoms with Crippen molar-refractivity contribution in [2.45, 2.75) is 71.0 Å². The van der Waals surface area contributed by atoms with E-state index in [0.717, 1.165) is 24.2 Å². The molecule has 1 unspecified atom stereocenters. The van der Waals surface area contributed by atoms with Gasteiger partial charge in [-0.25, -0.2) is 4.79 Å². The highest BCUT2D eigenvalue weighted by atomic mass is 16.5. The fourth-order valence-corrected chi connectivity index (χ4v) is 4.80. The summed E-state index contributed by atoms with van der Waals surface area (Å²) in [5.41, 5.74) is 6.16. The Morgan fingerprint density at radius 2 is 1.61 bits per heavy atom. The van der Waals surface area contributed by atoms with E-state index in [-0.39, 0.29) is 16.4 Å². The van der Waals surface area contributed by atoms with Gasteiger partial charge in [0.1, 0.15) is 18.5 Å². The second kappa shape index (κ2) is 9.84. The second-order valence-electron chi connectivity index (χ2n) is 11.0. The third-order valence-electron chi connectivity index (χ3n) is 7.22. The number of ether oxygens (including phenoxy) is 1. The lowest BCUT2D eigenvalue weighted by atomic mass is 9.62. The molecule has 186 valence electrons. The van der Waals surface area contributed by atoms with Gasteiger partial charge in [-0.3, -0.25) is 0 Å². The van der Waals surface area contributed by atoms with Crippen molar-refractivity contribution in [3.8, 4) is 17.6 Å². The van der Waals surface area contributed by atoms with Crippen LogP contribution >= 0.6 is 0 Å². The SMILES string of the molecule is Cc1ccc(COc2cc(C(O)C#Cc3ccc(C(=O)O)cc3)cc3c2C(C)(C)CCC3(C)C)cc1. The minimum atomic E-state index is -1.00. The zero-order chi connectivity index (χ0) is 26.1. The highest BCUT2D eigenvalue weighted by Crippen LogP contribution is 2.50. The van der Waals surface area contributed by atoms with Gasteiger partial charge in [0.15, 0.2) is 0 Å². The molecule has 2 N–H and O–H groups in total. The van der Waals surface area contributed by atoms with Gasteiger partial charge in [-0.15, -0.1) is 0 Å². The summed E-state index contributed by atoms with van der Waals surface area (Å²) in [6.07, 6.45) is 1.10. The van der Waals surface area contributed by atoms with Crippen molar-refractivity contribution in [2.24, 2.45) is 0 Å². The molecule has 36 heavy (non-hydrogen) atoms. The van der Waals surface area contributed by atoms with E-state index in [9.17, 15) is 9.90 Å². The van der Waals surface area contributed by atoms with Crippen LogP contribution in [0.15, 0.2) is 60.7 Å². The molecule has 0 aromatic heterocycles. The van der Waals surface area contributed by atoms with E-state index in [4.69, 9.17) is 9.84 Å². The average molecular weight is 483 g/mol. The van der Waals surface area contributed by atoms with Crippen LogP contribution in [-0.2, 0) is 17.4 Å². The van der Waals surface area contributed by atoms with Gasteiger partial charge in [0.25, 0.3) is 0 Å². The lowest BCUT2D eigenvalue weighted by Crippen LogP contribution is -2.34. The molecule has 0 spiro atoms. The van der Waals surface area contributed by atoms with Gasteiger partial charge in [-0.05, 0) is 77.6 Å². The van der Waals surface area contributed by atoms with Gasteiger partial charge in [0, 0.05) is 11.1 Å². The van der Waals surface area contributed by atoms with E-state index >= 15 is 0 Å². The third-order valence-corrected chi connectivity index (χ3v) is 7.22. The summed E-state index contributed by atoms with van der Waals surface area (Å²) in [5, 5.41) is 20.1. The molecule has 0 fully saturated rings. The molecule has 0 amide bonds. The normalized spacial score (nSPS) is 16.3. The van der Waals surface area contributed by atoms with Crippen LogP contribution in [0.3, 0.4) is 0 Å². The van der Waals surface area contributed by atoms with Crippen LogP contribution in [-0.4, -0.2) is 16.2 Å². The van der Waals surface area contributed by atoms with Crippen LogP contribution < -0.4 is 4.74 Å². The summed E-state index contributed by atoms with van der Waals surface area (Å²) in [6.45, 7) is 11.5. The molecule has 0 radical (unpaired) electrons. The van der Waals surface area contributed by atoms with Gasteiger partial charge < -0.3 is 14.9 Å². The number of aliphatic hydroxyl groups is 1. The first-order valence-corrected chi connectivity index (χ1v) is 12.4. The molecule has 0 bridgehead atoms. The molecule has 3 aromatic rings. The maximum atomic E-state index is 11.1. The minimum absolute atomic E-state index is 0.0471. The molecule has 3 aromatic carbocycles. The Bertz CT molecular complexity index is 1320. The average Bonchev–Trinajstić information content (AvgIpc) is 2.85. The van der Waals surface area contributed by atoms with E-state index in [2.05, 4.69) is 76.8 Å². The standard InChI is InChI=1S/C32H34O4/c1-21-6-8-23(9-7-21)20-36-28-19-25(18-26-29(28)32(4,5)17-16-31(26,2)3)27(33)15-12-22-10-13-24(14-11-22)30(34)35/h6-11,13-14,18-19,27,33H,16-17,20H2,1-5H3,(H,34,35). The Morgan fingerprint density at radius 3 is 2.25 bits per heavy atom. The molecule has 0 saturated heterocycles. The second-order valence-corrected chi connectivity index (χ2v) is 11.0. The number of aliphatic hydroxyl groups excluding tert-OH is 1. The summed E-state index contributed by atoms with van der Waals surface area (Å²) in [4.78, 5) is 11.1. The first-order valence-electron chi connectivity index (χ1n) is 12.4. The molecule has 4 nitrogen and oxygen atoms in total. The Hall–Kier alpha value is -3.55. The zero-order valence-electron chi connectivity index (χ0n) is 21.7. The molecule has 1 atom stereocenters. The van der Waals surface area contributed by atoms with E-state index in [1.165, 1.54) is 28.8 Å². The molecule has 4 rings (SSSR count). The number of benzene rings is 3. The van der Waals surface area contributed by atoms with Crippen LogP contribution in [0.25, 0.3) is 0 Å². The predicted molar refractivity (Wildman–Crippen MR) is 142 cm³/mol. The molecule has 0 aliphatic heterocycles. The van der Waals surface area contributed by atoms with Gasteiger partial charge in [0.05, 0.1) is 5.56 Å². The molecule has 1 aliphatic rings. The molecule has 1 aliphatic carbocycles. The lowest BCUT2D eigenvalue weighted by Gasteiger charge is -2.43. The Labute approximate surface area is 214 Å². The van der Waals surface area contributed by atoms with Crippen molar-refractivity contribution in [3.05, 3.63) is 99.6 Å². The number of aromatic carboxylic acids is 1. The van der Waals surface area contributed by atoms with Crippen LogP contribution in [0.5, 0.6) is 5.75 Å². The Balaban J connectivity index is 1.71. The van der Waals surface area contributed by atoms with Gasteiger partial charge >= 0.3 is 5.97 Å². The third kappa shape index (κ3) is 5.48. The first kappa shape index (κ1) is 25.5. The van der Waals surface area contributed by atoms with Crippen molar-refractivity contribution in [2.75, 3.05) is 0 Å². The highest BCUT2D eigenvalue weighted by molar-refractivity contribution is 5.87. The lowest BCUT2D eigenvalue weighted by molar-refractivity contribution is 0.0697. The van der Waals surface area contributed by atoms with Crippen LogP contribution in [0.1, 0.15) is 90.4 Å². The molecular formula is C32H34O4. The van der Waals surface area contributed by atoms with Gasteiger partial charge in [-0.1, -0.05) is 75.4 Å². The summed E-state index contributed by atoms with van der Waals surface area (Å²) in [6, 6.07) is 18.7. The molecule has 4 heteroatoms. The van der Waals surface area contributed by atoms with Crippen molar-refractivity contribution < 1.29 is 19.7 Å². The summed E-state index contributed by atoms with van der Waals surface area (Å²) < 4.78 is 6.43.